The van der Waals surface area contributed by atoms with Gasteiger partial charge in [-0.05, 0) is 24.3 Å². The summed E-state index contributed by atoms with van der Waals surface area (Å²) in [4.78, 5) is 27.9. The van der Waals surface area contributed by atoms with Gasteiger partial charge in [0.1, 0.15) is 12.0 Å². The molecule has 0 radical (unpaired) electrons. The molecule has 0 amide bonds. The summed E-state index contributed by atoms with van der Waals surface area (Å²) in [6.07, 6.45) is 1.36. The Bertz CT molecular complexity index is 843. The maximum Gasteiger partial charge on any atom is 0.341 e. The summed E-state index contributed by atoms with van der Waals surface area (Å²) in [5.74, 6) is 0.175. The molecule has 7 nitrogen and oxygen atoms in total. The van der Waals surface area contributed by atoms with Gasteiger partial charge in [-0.2, -0.15) is 0 Å². The average Bonchev–Trinajstić information content (AvgIpc) is 3.09. The Morgan fingerprint density at radius 3 is 2.90 bits per heavy atom. The summed E-state index contributed by atoms with van der Waals surface area (Å²) < 4.78 is 9.88. The van der Waals surface area contributed by atoms with Crippen molar-refractivity contribution in [2.24, 2.45) is 0 Å². The minimum atomic E-state index is -0.434. The molecular weight excluding hydrogens is 274 g/mol. The highest BCUT2D eigenvalue weighted by Gasteiger charge is 2.10. The van der Waals surface area contributed by atoms with Crippen LogP contribution in [-0.4, -0.2) is 23.0 Å². The van der Waals surface area contributed by atoms with Gasteiger partial charge in [-0.3, -0.25) is 0 Å². The Morgan fingerprint density at radius 2 is 2.10 bits per heavy atom. The normalized spacial score (nSPS) is 10.7. The number of carbonyl (C=O) groups excluding carboxylic acids is 1. The van der Waals surface area contributed by atoms with Crippen LogP contribution in [0.3, 0.4) is 0 Å². The minimum absolute atomic E-state index is 0.240. The molecule has 0 aliphatic heterocycles. The molecule has 21 heavy (non-hydrogen) atoms. The van der Waals surface area contributed by atoms with Gasteiger partial charge < -0.3 is 24.4 Å². The second-order valence-electron chi connectivity index (χ2n) is 4.49. The molecule has 0 aliphatic rings. The lowest BCUT2D eigenvalue weighted by molar-refractivity contribution is 0.0600. The largest absolute Gasteiger partial charge is 0.467 e. The molecule has 0 atom stereocenters. The first-order chi connectivity index (χ1) is 10.2. The van der Waals surface area contributed by atoms with Crippen molar-refractivity contribution in [1.29, 1.82) is 0 Å². The van der Waals surface area contributed by atoms with Crippen molar-refractivity contribution in [1.82, 2.24) is 9.97 Å². The van der Waals surface area contributed by atoms with E-state index in [4.69, 9.17) is 4.42 Å². The predicted octanol–water partition coefficient (Wildman–Crippen LogP) is 1.85. The van der Waals surface area contributed by atoms with E-state index in [1.54, 1.807) is 12.1 Å². The molecule has 0 saturated heterocycles. The van der Waals surface area contributed by atoms with Gasteiger partial charge in [0.25, 0.3) is 0 Å². The van der Waals surface area contributed by atoms with Crippen molar-refractivity contribution >= 4 is 22.7 Å². The molecule has 7 heteroatoms. The van der Waals surface area contributed by atoms with E-state index < -0.39 is 5.97 Å². The molecule has 0 aliphatic carbocycles. The van der Waals surface area contributed by atoms with E-state index in [1.165, 1.54) is 13.4 Å². The first-order valence-corrected chi connectivity index (χ1v) is 6.27. The SMILES string of the molecule is COC(=O)c1coc(CNc2ccc3[nH]c(=O)[nH]c3c2)c1. The number of imidazole rings is 1. The van der Waals surface area contributed by atoms with Gasteiger partial charge in [0.15, 0.2) is 0 Å². The second kappa shape index (κ2) is 5.20. The lowest BCUT2D eigenvalue weighted by Gasteiger charge is -2.03. The summed E-state index contributed by atoms with van der Waals surface area (Å²) in [7, 11) is 1.32. The fourth-order valence-corrected chi connectivity index (χ4v) is 2.03. The summed E-state index contributed by atoms with van der Waals surface area (Å²) in [5, 5.41) is 3.15. The number of fused-ring (bicyclic) bond motifs is 1. The molecule has 3 aromatic rings. The highest BCUT2D eigenvalue weighted by atomic mass is 16.5. The number of rotatable bonds is 4. The van der Waals surface area contributed by atoms with Crippen molar-refractivity contribution in [3.63, 3.8) is 0 Å². The Balaban J connectivity index is 1.72. The number of benzene rings is 1. The van der Waals surface area contributed by atoms with Crippen LogP contribution in [0.1, 0.15) is 16.1 Å². The number of methoxy groups -OCH3 is 1. The van der Waals surface area contributed by atoms with Crippen molar-refractivity contribution in [3.8, 4) is 0 Å². The summed E-state index contributed by atoms with van der Waals surface area (Å²) in [6.45, 7) is 0.414. The highest BCUT2D eigenvalue weighted by molar-refractivity contribution is 5.89. The van der Waals surface area contributed by atoms with Gasteiger partial charge in [0, 0.05) is 5.69 Å². The summed E-state index contributed by atoms with van der Waals surface area (Å²) >= 11 is 0. The number of esters is 1. The zero-order chi connectivity index (χ0) is 14.8. The van der Waals surface area contributed by atoms with Gasteiger partial charge >= 0.3 is 11.7 Å². The number of furan rings is 1. The van der Waals surface area contributed by atoms with E-state index in [-0.39, 0.29) is 5.69 Å². The van der Waals surface area contributed by atoms with Crippen molar-refractivity contribution in [3.05, 3.63) is 52.3 Å². The zero-order valence-corrected chi connectivity index (χ0v) is 11.2. The van der Waals surface area contributed by atoms with E-state index in [2.05, 4.69) is 20.0 Å². The van der Waals surface area contributed by atoms with Gasteiger partial charge in [0.2, 0.25) is 0 Å². The molecule has 0 unspecified atom stereocenters. The lowest BCUT2D eigenvalue weighted by Crippen LogP contribution is -2.00. The van der Waals surface area contributed by atoms with E-state index >= 15 is 0 Å². The van der Waals surface area contributed by atoms with Crippen LogP contribution in [0, 0.1) is 0 Å². The molecule has 2 heterocycles. The summed E-state index contributed by atoms with van der Waals surface area (Å²) in [6, 6.07) is 7.08. The van der Waals surface area contributed by atoms with Crippen molar-refractivity contribution < 1.29 is 13.9 Å². The summed E-state index contributed by atoms with van der Waals surface area (Å²) in [5.41, 5.74) is 2.43. The molecule has 0 spiro atoms. The van der Waals surface area contributed by atoms with Gasteiger partial charge in [-0.25, -0.2) is 9.59 Å². The van der Waals surface area contributed by atoms with Crippen LogP contribution in [0.4, 0.5) is 5.69 Å². The zero-order valence-electron chi connectivity index (χ0n) is 11.2. The van der Waals surface area contributed by atoms with Gasteiger partial charge in [-0.15, -0.1) is 0 Å². The molecule has 0 fully saturated rings. The number of carbonyl (C=O) groups is 1. The topological polar surface area (TPSA) is 100 Å². The number of ether oxygens (including phenoxy) is 1. The Labute approximate surface area is 118 Å². The number of nitrogens with one attached hydrogen (secondary N) is 3. The first-order valence-electron chi connectivity index (χ1n) is 6.27. The third-order valence-electron chi connectivity index (χ3n) is 3.06. The number of aromatic nitrogens is 2. The van der Waals surface area contributed by atoms with Crippen LogP contribution < -0.4 is 11.0 Å². The number of hydrogen-bond acceptors (Lipinski definition) is 5. The number of anilines is 1. The quantitative estimate of drug-likeness (QED) is 0.636. The van der Waals surface area contributed by atoms with Gasteiger partial charge in [-0.1, -0.05) is 0 Å². The number of H-pyrrole nitrogens is 2. The molecule has 3 N–H and O–H groups in total. The van der Waals surface area contributed by atoms with Crippen LogP contribution in [0.25, 0.3) is 11.0 Å². The third-order valence-corrected chi connectivity index (χ3v) is 3.06. The number of aromatic amines is 2. The van der Waals surface area contributed by atoms with Crippen LogP contribution in [0.5, 0.6) is 0 Å². The van der Waals surface area contributed by atoms with E-state index in [0.29, 0.717) is 17.9 Å². The monoisotopic (exact) mass is 287 g/mol. The van der Waals surface area contributed by atoms with E-state index in [1.807, 2.05) is 12.1 Å². The van der Waals surface area contributed by atoms with Crippen LogP contribution >= 0.6 is 0 Å². The maximum atomic E-state index is 11.3. The van der Waals surface area contributed by atoms with Crippen LogP contribution in [0.15, 0.2) is 39.7 Å². The lowest BCUT2D eigenvalue weighted by atomic mass is 10.2. The molecular formula is C14H13N3O4. The van der Waals surface area contributed by atoms with Crippen LogP contribution in [-0.2, 0) is 11.3 Å². The molecule has 108 valence electrons. The maximum absolute atomic E-state index is 11.3. The van der Waals surface area contributed by atoms with Crippen molar-refractivity contribution in [2.45, 2.75) is 6.54 Å². The molecule has 1 aromatic carbocycles. The standard InChI is InChI=1S/C14H13N3O4/c1-20-13(18)8-4-10(21-7-8)6-15-9-2-3-11-12(5-9)17-14(19)16-11/h2-5,7,15H,6H2,1H3,(H2,16,17,19). The fraction of sp³-hybridized carbons (Fsp3) is 0.143. The Morgan fingerprint density at radius 1 is 1.29 bits per heavy atom. The molecule has 0 bridgehead atoms. The smallest absolute Gasteiger partial charge is 0.341 e. The minimum Gasteiger partial charge on any atom is -0.467 e. The fourth-order valence-electron chi connectivity index (χ4n) is 2.03. The molecule has 2 aromatic heterocycles. The Kier molecular flexibility index (Phi) is 3.23. The molecule has 3 rings (SSSR count). The van der Waals surface area contributed by atoms with Gasteiger partial charge in [0.05, 0.1) is 30.3 Å². The highest BCUT2D eigenvalue weighted by Crippen LogP contribution is 2.16. The molecule has 0 saturated carbocycles. The number of hydrogen-bond donors (Lipinski definition) is 3. The van der Waals surface area contributed by atoms with Crippen molar-refractivity contribution in [2.75, 3.05) is 12.4 Å². The Hall–Kier alpha value is -2.96. The van der Waals surface area contributed by atoms with E-state index in [0.717, 1.165) is 16.7 Å². The second-order valence-corrected chi connectivity index (χ2v) is 4.49. The first kappa shape index (κ1) is 13.0. The third kappa shape index (κ3) is 2.66. The van der Waals surface area contributed by atoms with Crippen LogP contribution in [0.2, 0.25) is 0 Å². The van der Waals surface area contributed by atoms with E-state index in [9.17, 15) is 9.59 Å². The average molecular weight is 287 g/mol. The predicted molar refractivity (Wildman–Crippen MR) is 76.3 cm³/mol.